The Kier molecular flexibility index (Phi) is 9.28. The van der Waals surface area contributed by atoms with Crippen LogP contribution in [0.1, 0.15) is 42.1 Å². The summed E-state index contributed by atoms with van der Waals surface area (Å²) in [5.74, 6) is 0.438. The van der Waals surface area contributed by atoms with Crippen molar-refractivity contribution >= 4 is 34.8 Å². The van der Waals surface area contributed by atoms with E-state index < -0.39 is 0 Å². The van der Waals surface area contributed by atoms with Gasteiger partial charge >= 0.3 is 0 Å². The average Bonchev–Trinajstić information content (AvgIpc) is 2.72. The molecule has 0 radical (unpaired) electrons. The number of nitrogens with one attached hydrogen (secondary N) is 2. The fourth-order valence-corrected chi connectivity index (χ4v) is 2.89. The highest BCUT2D eigenvalue weighted by Crippen LogP contribution is 2.15. The van der Waals surface area contributed by atoms with Crippen molar-refractivity contribution in [2.45, 2.75) is 32.6 Å². The SMILES string of the molecule is CCCCOc1cccc(C(=O)NC(=S)Nc2cccc(CCC(=O)N(C)C)c2)c1. The first-order chi connectivity index (χ1) is 14.4. The Morgan fingerprint density at radius 2 is 1.87 bits per heavy atom. The maximum absolute atomic E-state index is 12.5. The van der Waals surface area contributed by atoms with Gasteiger partial charge in [0.15, 0.2) is 5.11 Å². The summed E-state index contributed by atoms with van der Waals surface area (Å²) in [6, 6.07) is 14.7. The number of nitrogens with zero attached hydrogens (tertiary/aromatic N) is 1. The fourth-order valence-electron chi connectivity index (χ4n) is 2.68. The van der Waals surface area contributed by atoms with Gasteiger partial charge in [0.25, 0.3) is 5.91 Å². The molecule has 0 aromatic heterocycles. The number of amides is 2. The highest BCUT2D eigenvalue weighted by Gasteiger charge is 2.10. The van der Waals surface area contributed by atoms with Gasteiger partial charge in [0.2, 0.25) is 5.91 Å². The van der Waals surface area contributed by atoms with E-state index >= 15 is 0 Å². The minimum atomic E-state index is -0.304. The molecule has 0 fully saturated rings. The molecule has 6 nitrogen and oxygen atoms in total. The largest absolute Gasteiger partial charge is 0.494 e. The van der Waals surface area contributed by atoms with Gasteiger partial charge in [0, 0.05) is 31.8 Å². The van der Waals surface area contributed by atoms with Crippen molar-refractivity contribution in [1.29, 1.82) is 0 Å². The van der Waals surface area contributed by atoms with Crippen molar-refractivity contribution in [3.63, 3.8) is 0 Å². The van der Waals surface area contributed by atoms with Crippen LogP contribution in [0.2, 0.25) is 0 Å². The lowest BCUT2D eigenvalue weighted by atomic mass is 10.1. The maximum atomic E-state index is 12.5. The zero-order chi connectivity index (χ0) is 21.9. The molecule has 0 saturated heterocycles. The van der Waals surface area contributed by atoms with Gasteiger partial charge in [-0.3, -0.25) is 14.9 Å². The molecule has 0 atom stereocenters. The second-order valence-corrected chi connectivity index (χ2v) is 7.53. The number of hydrogen-bond donors (Lipinski definition) is 2. The lowest BCUT2D eigenvalue weighted by Gasteiger charge is -2.12. The quantitative estimate of drug-likeness (QED) is 0.467. The minimum absolute atomic E-state index is 0.0806. The van der Waals surface area contributed by atoms with E-state index in [0.717, 1.165) is 24.1 Å². The number of hydrogen-bond acceptors (Lipinski definition) is 4. The average molecular weight is 428 g/mol. The third-order valence-electron chi connectivity index (χ3n) is 4.40. The lowest BCUT2D eigenvalue weighted by molar-refractivity contribution is -0.128. The Balaban J connectivity index is 1.91. The number of aryl methyl sites for hydroxylation is 1. The summed E-state index contributed by atoms with van der Waals surface area (Å²) >= 11 is 5.28. The molecular formula is C23H29N3O3S. The normalized spacial score (nSPS) is 10.2. The summed E-state index contributed by atoms with van der Waals surface area (Å²) in [5, 5.41) is 5.92. The van der Waals surface area contributed by atoms with E-state index in [1.165, 1.54) is 0 Å². The molecule has 2 aromatic carbocycles. The van der Waals surface area contributed by atoms with Crippen LogP contribution in [0.25, 0.3) is 0 Å². The van der Waals surface area contributed by atoms with Crippen LogP contribution in [0.5, 0.6) is 5.75 Å². The van der Waals surface area contributed by atoms with Crippen molar-refractivity contribution in [3.8, 4) is 5.75 Å². The van der Waals surface area contributed by atoms with E-state index in [-0.39, 0.29) is 16.9 Å². The van der Waals surface area contributed by atoms with Gasteiger partial charge in [0.1, 0.15) is 5.75 Å². The molecule has 2 N–H and O–H groups in total. The molecule has 0 bridgehead atoms. The van der Waals surface area contributed by atoms with E-state index in [1.54, 1.807) is 37.2 Å². The van der Waals surface area contributed by atoms with Crippen molar-refractivity contribution < 1.29 is 14.3 Å². The molecule has 0 saturated carbocycles. The molecule has 0 aliphatic heterocycles. The number of benzene rings is 2. The molecule has 2 aromatic rings. The first-order valence-corrected chi connectivity index (χ1v) is 10.4. The Hall–Kier alpha value is -2.93. The highest BCUT2D eigenvalue weighted by atomic mass is 32.1. The standard InChI is InChI=1S/C23H29N3O3S/c1-4-5-14-29-20-11-7-9-18(16-20)22(28)25-23(30)24-19-10-6-8-17(15-19)12-13-21(27)26(2)3/h6-11,15-16H,4-5,12-14H2,1-3H3,(H2,24,25,28,30). The van der Waals surface area contributed by atoms with Gasteiger partial charge in [-0.2, -0.15) is 0 Å². The van der Waals surface area contributed by atoms with Crippen LogP contribution in [-0.2, 0) is 11.2 Å². The molecule has 0 heterocycles. The third-order valence-corrected chi connectivity index (χ3v) is 4.61. The molecule has 0 aliphatic carbocycles. The monoisotopic (exact) mass is 427 g/mol. The van der Waals surface area contributed by atoms with Gasteiger partial charge < -0.3 is 15.0 Å². The van der Waals surface area contributed by atoms with E-state index in [9.17, 15) is 9.59 Å². The van der Waals surface area contributed by atoms with E-state index in [1.807, 2.05) is 30.3 Å². The molecule has 0 spiro atoms. The Morgan fingerprint density at radius 1 is 1.10 bits per heavy atom. The zero-order valence-electron chi connectivity index (χ0n) is 17.7. The van der Waals surface area contributed by atoms with E-state index in [0.29, 0.717) is 30.8 Å². The van der Waals surface area contributed by atoms with E-state index in [4.69, 9.17) is 17.0 Å². The van der Waals surface area contributed by atoms with Gasteiger partial charge in [-0.15, -0.1) is 0 Å². The number of rotatable bonds is 9. The summed E-state index contributed by atoms with van der Waals surface area (Å²) in [5.41, 5.74) is 2.25. The minimum Gasteiger partial charge on any atom is -0.494 e. The van der Waals surface area contributed by atoms with Crippen LogP contribution in [0.15, 0.2) is 48.5 Å². The summed E-state index contributed by atoms with van der Waals surface area (Å²) in [7, 11) is 3.49. The van der Waals surface area contributed by atoms with Gasteiger partial charge in [0.05, 0.1) is 6.61 Å². The fraction of sp³-hybridized carbons (Fsp3) is 0.348. The van der Waals surface area contributed by atoms with Gasteiger partial charge in [-0.25, -0.2) is 0 Å². The van der Waals surface area contributed by atoms with Crippen molar-refractivity contribution in [1.82, 2.24) is 10.2 Å². The number of thiocarbonyl (C=S) groups is 1. The van der Waals surface area contributed by atoms with Crippen LogP contribution in [-0.4, -0.2) is 42.5 Å². The first kappa shape index (κ1) is 23.3. The maximum Gasteiger partial charge on any atom is 0.257 e. The summed E-state index contributed by atoms with van der Waals surface area (Å²) in [6.45, 7) is 2.72. The predicted molar refractivity (Wildman–Crippen MR) is 124 cm³/mol. The van der Waals surface area contributed by atoms with Crippen LogP contribution >= 0.6 is 12.2 Å². The van der Waals surface area contributed by atoms with Crippen LogP contribution in [0.4, 0.5) is 5.69 Å². The molecule has 30 heavy (non-hydrogen) atoms. The second kappa shape index (κ2) is 11.9. The number of carbonyl (C=O) groups is 2. The smallest absolute Gasteiger partial charge is 0.257 e. The van der Waals surface area contributed by atoms with Crippen molar-refractivity contribution in [3.05, 3.63) is 59.7 Å². The van der Waals surface area contributed by atoms with Crippen molar-refractivity contribution in [2.75, 3.05) is 26.0 Å². The van der Waals surface area contributed by atoms with Crippen LogP contribution < -0.4 is 15.4 Å². The third kappa shape index (κ3) is 7.83. The summed E-state index contributed by atoms with van der Waals surface area (Å²) < 4.78 is 5.65. The number of anilines is 1. The predicted octanol–water partition coefficient (Wildman–Crippen LogP) is 4.01. The number of unbranched alkanes of at least 4 members (excludes halogenated alkanes) is 1. The molecule has 2 rings (SSSR count). The number of carbonyl (C=O) groups excluding carboxylic acids is 2. The topological polar surface area (TPSA) is 70.7 Å². The molecule has 0 aliphatic rings. The molecule has 0 unspecified atom stereocenters. The summed E-state index contributed by atoms with van der Waals surface area (Å²) in [4.78, 5) is 25.8. The van der Waals surface area contributed by atoms with E-state index in [2.05, 4.69) is 17.6 Å². The first-order valence-electron chi connectivity index (χ1n) is 10.0. The van der Waals surface area contributed by atoms with Gasteiger partial charge in [-0.1, -0.05) is 31.5 Å². The molecular weight excluding hydrogens is 398 g/mol. The second-order valence-electron chi connectivity index (χ2n) is 7.13. The van der Waals surface area contributed by atoms with Gasteiger partial charge in [-0.05, 0) is 61.0 Å². The Bertz CT molecular complexity index is 884. The summed E-state index contributed by atoms with van der Waals surface area (Å²) in [6.07, 6.45) is 3.09. The lowest BCUT2D eigenvalue weighted by Crippen LogP contribution is -2.34. The molecule has 7 heteroatoms. The highest BCUT2D eigenvalue weighted by molar-refractivity contribution is 7.80. The van der Waals surface area contributed by atoms with Crippen LogP contribution in [0, 0.1) is 0 Å². The molecule has 160 valence electrons. The van der Waals surface area contributed by atoms with Crippen LogP contribution in [0.3, 0.4) is 0 Å². The molecule has 2 amide bonds. The van der Waals surface area contributed by atoms with Crippen molar-refractivity contribution in [2.24, 2.45) is 0 Å². The Labute approximate surface area is 183 Å². The Morgan fingerprint density at radius 3 is 2.60 bits per heavy atom. The number of ether oxygens (including phenoxy) is 1. The zero-order valence-corrected chi connectivity index (χ0v) is 18.6.